The van der Waals surface area contributed by atoms with Crippen LogP contribution < -0.4 is 5.32 Å². The van der Waals surface area contributed by atoms with E-state index in [0.717, 1.165) is 11.1 Å². The van der Waals surface area contributed by atoms with Crippen LogP contribution in [0.3, 0.4) is 0 Å². The van der Waals surface area contributed by atoms with Crippen molar-refractivity contribution in [2.24, 2.45) is 0 Å². The SMILES string of the molecule is Cc1ccncc1NC(=O)c1ccc(C#CCO)cc1. The molecule has 4 nitrogen and oxygen atoms in total. The molecule has 0 fully saturated rings. The number of hydrogen-bond acceptors (Lipinski definition) is 3. The Balaban J connectivity index is 2.12. The molecule has 0 saturated heterocycles. The minimum absolute atomic E-state index is 0.178. The molecule has 2 rings (SSSR count). The molecule has 1 aromatic heterocycles. The summed E-state index contributed by atoms with van der Waals surface area (Å²) < 4.78 is 0. The molecule has 0 unspecified atom stereocenters. The van der Waals surface area contributed by atoms with Crippen molar-refractivity contribution in [1.82, 2.24) is 4.98 Å². The van der Waals surface area contributed by atoms with Crippen LogP contribution in [0.5, 0.6) is 0 Å². The summed E-state index contributed by atoms with van der Waals surface area (Å²) in [7, 11) is 0. The zero-order valence-electron chi connectivity index (χ0n) is 11.1. The molecule has 100 valence electrons. The van der Waals surface area contributed by atoms with E-state index in [4.69, 9.17) is 5.11 Å². The van der Waals surface area contributed by atoms with Crippen LogP contribution in [0, 0.1) is 18.8 Å². The maximum absolute atomic E-state index is 12.1. The van der Waals surface area contributed by atoms with Gasteiger partial charge in [0.1, 0.15) is 6.61 Å². The van der Waals surface area contributed by atoms with E-state index in [1.807, 2.05) is 13.0 Å². The van der Waals surface area contributed by atoms with Crippen molar-refractivity contribution in [3.05, 3.63) is 59.4 Å². The molecule has 0 saturated carbocycles. The molecule has 0 aliphatic rings. The highest BCUT2D eigenvalue weighted by Crippen LogP contribution is 2.13. The summed E-state index contributed by atoms with van der Waals surface area (Å²) >= 11 is 0. The molecule has 2 aromatic rings. The van der Waals surface area contributed by atoms with E-state index < -0.39 is 0 Å². The minimum atomic E-state index is -0.192. The largest absolute Gasteiger partial charge is 0.384 e. The number of anilines is 1. The Morgan fingerprint density at radius 1 is 1.30 bits per heavy atom. The van der Waals surface area contributed by atoms with Crippen LogP contribution in [-0.4, -0.2) is 22.6 Å². The van der Waals surface area contributed by atoms with Crippen LogP contribution in [0.25, 0.3) is 0 Å². The summed E-state index contributed by atoms with van der Waals surface area (Å²) in [5.41, 5.74) is 2.95. The highest BCUT2D eigenvalue weighted by molar-refractivity contribution is 6.04. The molecule has 1 amide bonds. The zero-order chi connectivity index (χ0) is 14.4. The first kappa shape index (κ1) is 13.8. The second-order valence-electron chi connectivity index (χ2n) is 4.18. The predicted molar refractivity (Wildman–Crippen MR) is 77.3 cm³/mol. The topological polar surface area (TPSA) is 62.2 Å². The molecule has 0 spiro atoms. The maximum atomic E-state index is 12.1. The van der Waals surface area contributed by atoms with Crippen molar-refractivity contribution in [3.63, 3.8) is 0 Å². The standard InChI is InChI=1S/C16H14N2O2/c1-12-8-9-17-11-15(12)18-16(20)14-6-4-13(5-7-14)3-2-10-19/h4-9,11,19H,10H2,1H3,(H,18,20). The molecule has 4 heteroatoms. The van der Waals surface area contributed by atoms with Gasteiger partial charge >= 0.3 is 0 Å². The van der Waals surface area contributed by atoms with Crippen LogP contribution in [0.2, 0.25) is 0 Å². The number of nitrogens with one attached hydrogen (secondary N) is 1. The number of rotatable bonds is 2. The molecular formula is C16H14N2O2. The molecule has 1 heterocycles. The first-order chi connectivity index (χ1) is 9.70. The number of carbonyl (C=O) groups is 1. The average molecular weight is 266 g/mol. The lowest BCUT2D eigenvalue weighted by atomic mass is 10.1. The van der Waals surface area contributed by atoms with Gasteiger partial charge in [0.15, 0.2) is 0 Å². The van der Waals surface area contributed by atoms with Gasteiger partial charge in [-0.1, -0.05) is 11.8 Å². The number of benzene rings is 1. The van der Waals surface area contributed by atoms with E-state index in [1.165, 1.54) is 0 Å². The first-order valence-corrected chi connectivity index (χ1v) is 6.12. The second-order valence-corrected chi connectivity index (χ2v) is 4.18. The van der Waals surface area contributed by atoms with Gasteiger partial charge in [-0.25, -0.2) is 0 Å². The van der Waals surface area contributed by atoms with Crippen LogP contribution >= 0.6 is 0 Å². The van der Waals surface area contributed by atoms with Gasteiger partial charge in [-0.3, -0.25) is 9.78 Å². The number of aryl methyl sites for hydroxylation is 1. The van der Waals surface area contributed by atoms with Gasteiger partial charge in [0.2, 0.25) is 0 Å². The molecule has 0 aliphatic carbocycles. The first-order valence-electron chi connectivity index (χ1n) is 6.12. The number of aromatic nitrogens is 1. The van der Waals surface area contributed by atoms with Crippen LogP contribution in [0.15, 0.2) is 42.7 Å². The Bertz CT molecular complexity index is 667. The summed E-state index contributed by atoms with van der Waals surface area (Å²) in [6.45, 7) is 1.73. The Hall–Kier alpha value is -2.64. The van der Waals surface area contributed by atoms with Gasteiger partial charge in [0.05, 0.1) is 11.9 Å². The fraction of sp³-hybridized carbons (Fsp3) is 0.125. The van der Waals surface area contributed by atoms with Crippen molar-refractivity contribution in [3.8, 4) is 11.8 Å². The third-order valence-electron chi connectivity index (χ3n) is 2.75. The maximum Gasteiger partial charge on any atom is 0.255 e. The third-order valence-corrected chi connectivity index (χ3v) is 2.75. The number of carbonyl (C=O) groups excluding carboxylic acids is 1. The summed E-state index contributed by atoms with van der Waals surface area (Å²) in [6.07, 6.45) is 3.30. The van der Waals surface area contributed by atoms with E-state index >= 15 is 0 Å². The molecule has 1 aromatic carbocycles. The lowest BCUT2D eigenvalue weighted by Crippen LogP contribution is -2.12. The Labute approximate surface area is 117 Å². The normalized spacial score (nSPS) is 9.50. The summed E-state index contributed by atoms with van der Waals surface area (Å²) in [4.78, 5) is 16.1. The number of amides is 1. The fourth-order valence-corrected chi connectivity index (χ4v) is 1.64. The molecule has 2 N–H and O–H groups in total. The lowest BCUT2D eigenvalue weighted by Gasteiger charge is -2.07. The second kappa shape index (κ2) is 6.50. The van der Waals surface area contributed by atoms with E-state index in [0.29, 0.717) is 11.3 Å². The predicted octanol–water partition coefficient (Wildman–Crippen LogP) is 1.99. The molecular weight excluding hydrogens is 252 g/mol. The zero-order valence-corrected chi connectivity index (χ0v) is 11.1. The Morgan fingerprint density at radius 2 is 2.05 bits per heavy atom. The van der Waals surface area contributed by atoms with Gasteiger partial charge in [-0.05, 0) is 42.8 Å². The van der Waals surface area contributed by atoms with E-state index in [1.54, 1.807) is 36.7 Å². The van der Waals surface area contributed by atoms with Crippen molar-refractivity contribution in [2.45, 2.75) is 6.92 Å². The van der Waals surface area contributed by atoms with Crippen molar-refractivity contribution in [1.29, 1.82) is 0 Å². The Kier molecular flexibility index (Phi) is 4.48. The summed E-state index contributed by atoms with van der Waals surface area (Å²) in [5, 5.41) is 11.4. The quantitative estimate of drug-likeness (QED) is 0.817. The highest BCUT2D eigenvalue weighted by Gasteiger charge is 2.07. The van der Waals surface area contributed by atoms with Gasteiger partial charge in [-0.15, -0.1) is 0 Å². The minimum Gasteiger partial charge on any atom is -0.384 e. The Morgan fingerprint density at radius 3 is 2.70 bits per heavy atom. The summed E-state index contributed by atoms with van der Waals surface area (Å²) in [5.74, 6) is 5.14. The van der Waals surface area contributed by atoms with Crippen molar-refractivity contribution in [2.75, 3.05) is 11.9 Å². The van der Waals surface area contributed by atoms with Crippen LogP contribution in [0.1, 0.15) is 21.5 Å². The van der Waals surface area contributed by atoms with E-state index in [2.05, 4.69) is 22.1 Å². The smallest absolute Gasteiger partial charge is 0.255 e. The summed E-state index contributed by atoms with van der Waals surface area (Å²) in [6, 6.07) is 8.72. The monoisotopic (exact) mass is 266 g/mol. The lowest BCUT2D eigenvalue weighted by molar-refractivity contribution is 0.102. The number of nitrogens with zero attached hydrogens (tertiary/aromatic N) is 1. The molecule has 0 aliphatic heterocycles. The molecule has 0 atom stereocenters. The molecule has 0 bridgehead atoms. The number of hydrogen-bond donors (Lipinski definition) is 2. The van der Waals surface area contributed by atoms with Gasteiger partial charge < -0.3 is 10.4 Å². The van der Waals surface area contributed by atoms with Crippen molar-refractivity contribution < 1.29 is 9.90 Å². The van der Waals surface area contributed by atoms with Crippen LogP contribution in [-0.2, 0) is 0 Å². The third kappa shape index (κ3) is 3.44. The van der Waals surface area contributed by atoms with Gasteiger partial charge in [0.25, 0.3) is 5.91 Å². The molecule has 20 heavy (non-hydrogen) atoms. The van der Waals surface area contributed by atoms with E-state index in [-0.39, 0.29) is 12.5 Å². The number of aliphatic hydroxyl groups excluding tert-OH is 1. The fourth-order valence-electron chi connectivity index (χ4n) is 1.64. The van der Waals surface area contributed by atoms with Crippen molar-refractivity contribution >= 4 is 11.6 Å². The van der Waals surface area contributed by atoms with Gasteiger partial charge in [0, 0.05) is 17.3 Å². The number of aliphatic hydroxyl groups is 1. The van der Waals surface area contributed by atoms with Gasteiger partial charge in [-0.2, -0.15) is 0 Å². The molecule has 0 radical (unpaired) electrons. The van der Waals surface area contributed by atoms with Crippen LogP contribution in [0.4, 0.5) is 5.69 Å². The van der Waals surface area contributed by atoms with E-state index in [9.17, 15) is 4.79 Å². The highest BCUT2D eigenvalue weighted by atomic mass is 16.2. The number of pyridine rings is 1. The average Bonchev–Trinajstić information content (AvgIpc) is 2.48.